The predicted molar refractivity (Wildman–Crippen MR) is 134 cm³/mol. The quantitative estimate of drug-likeness (QED) is 0.278. The summed E-state index contributed by atoms with van der Waals surface area (Å²) in [6.45, 7) is 6.34. The molecule has 0 aliphatic carbocycles. The number of halogens is 1. The molecule has 3 aromatic rings. The number of nitrogens with zero attached hydrogens (tertiary/aromatic N) is 2. The smallest absolute Gasteiger partial charge is 0.326 e. The zero-order valence-electron chi connectivity index (χ0n) is 18.9. The second kappa shape index (κ2) is 10.8. The van der Waals surface area contributed by atoms with Gasteiger partial charge in [-0.2, -0.15) is 0 Å². The normalized spacial score (nSPS) is 14.6. The summed E-state index contributed by atoms with van der Waals surface area (Å²) in [4.78, 5) is 31.5. The van der Waals surface area contributed by atoms with E-state index in [1.54, 1.807) is 29.7 Å². The number of carbonyl (C=O) groups excluding carboxylic acids is 1. The van der Waals surface area contributed by atoms with Crippen molar-refractivity contribution in [2.45, 2.75) is 38.1 Å². The summed E-state index contributed by atoms with van der Waals surface area (Å²) in [7, 11) is 0. The Kier molecular flexibility index (Phi) is 7.78. The lowest BCUT2D eigenvalue weighted by Crippen LogP contribution is -2.23. The van der Waals surface area contributed by atoms with Gasteiger partial charge in [0.25, 0.3) is 0 Å². The van der Waals surface area contributed by atoms with Crippen molar-refractivity contribution in [1.82, 2.24) is 9.55 Å². The number of esters is 1. The van der Waals surface area contributed by atoms with Gasteiger partial charge >= 0.3 is 5.97 Å². The minimum absolute atomic E-state index is 0.0604. The minimum Gasteiger partial charge on any atom is -0.465 e. The molecule has 176 valence electrons. The van der Waals surface area contributed by atoms with Gasteiger partial charge < -0.3 is 19.4 Å². The molecule has 1 saturated heterocycles. The van der Waals surface area contributed by atoms with Crippen molar-refractivity contribution in [2.75, 3.05) is 37.4 Å². The molecule has 0 amide bonds. The van der Waals surface area contributed by atoms with Gasteiger partial charge in [-0.25, -0.2) is 4.98 Å². The molecule has 0 atom stereocenters. The topological polar surface area (TPSA) is 82.5 Å². The third-order valence-electron chi connectivity index (χ3n) is 5.77. The van der Waals surface area contributed by atoms with Crippen molar-refractivity contribution in [2.24, 2.45) is 5.92 Å². The Morgan fingerprint density at radius 2 is 2.00 bits per heavy atom. The van der Waals surface area contributed by atoms with E-state index in [9.17, 15) is 9.59 Å². The fourth-order valence-electron chi connectivity index (χ4n) is 4.15. The second-order valence-electron chi connectivity index (χ2n) is 7.93. The average Bonchev–Trinajstić information content (AvgIpc) is 2.82. The molecule has 1 aromatic carbocycles. The Morgan fingerprint density at radius 3 is 2.73 bits per heavy atom. The van der Waals surface area contributed by atoms with Crippen LogP contribution in [0.2, 0.25) is 5.02 Å². The van der Waals surface area contributed by atoms with Gasteiger partial charge in [0.1, 0.15) is 18.0 Å². The van der Waals surface area contributed by atoms with E-state index in [-0.39, 0.29) is 18.6 Å². The van der Waals surface area contributed by atoms with Crippen molar-refractivity contribution in [3.63, 3.8) is 0 Å². The fourth-order valence-corrected chi connectivity index (χ4v) is 5.32. The van der Waals surface area contributed by atoms with Crippen LogP contribution < -0.4 is 10.7 Å². The van der Waals surface area contributed by atoms with Crippen LogP contribution in [0.4, 0.5) is 5.82 Å². The zero-order chi connectivity index (χ0) is 23.4. The van der Waals surface area contributed by atoms with Crippen LogP contribution in [0.3, 0.4) is 0 Å². The van der Waals surface area contributed by atoms with E-state index in [1.807, 2.05) is 13.0 Å². The number of hydrogen-bond donors (Lipinski definition) is 1. The predicted octanol–water partition coefficient (Wildman–Crippen LogP) is 4.72. The molecule has 0 saturated carbocycles. The van der Waals surface area contributed by atoms with Gasteiger partial charge in [-0.05, 0) is 55.7 Å². The van der Waals surface area contributed by atoms with E-state index < -0.39 is 5.97 Å². The van der Waals surface area contributed by atoms with E-state index in [0.29, 0.717) is 38.7 Å². The van der Waals surface area contributed by atoms with Crippen LogP contribution in [-0.4, -0.2) is 47.6 Å². The number of carbonyl (C=O) groups is 1. The summed E-state index contributed by atoms with van der Waals surface area (Å²) in [5, 5.41) is 4.91. The molecule has 9 heteroatoms. The minimum atomic E-state index is -0.390. The lowest BCUT2D eigenvalue weighted by atomic mass is 10.0. The van der Waals surface area contributed by atoms with Crippen LogP contribution in [0.15, 0.2) is 34.0 Å². The number of hydrogen-bond acceptors (Lipinski definition) is 7. The molecule has 3 heterocycles. The number of aromatic nitrogens is 2. The van der Waals surface area contributed by atoms with Crippen molar-refractivity contribution < 1.29 is 14.3 Å². The largest absolute Gasteiger partial charge is 0.465 e. The first-order chi connectivity index (χ1) is 16.0. The van der Waals surface area contributed by atoms with Gasteiger partial charge in [0.2, 0.25) is 0 Å². The number of nitrogens with one attached hydrogen (secondary N) is 1. The highest BCUT2D eigenvalue weighted by Gasteiger charge is 2.20. The molecule has 33 heavy (non-hydrogen) atoms. The molecule has 4 rings (SSSR count). The van der Waals surface area contributed by atoms with Crippen molar-refractivity contribution in [3.8, 4) is 0 Å². The molecule has 7 nitrogen and oxygen atoms in total. The van der Waals surface area contributed by atoms with Crippen molar-refractivity contribution >= 4 is 57.1 Å². The molecule has 1 aliphatic rings. The summed E-state index contributed by atoms with van der Waals surface area (Å²) in [5.74, 6) is 1.56. The van der Waals surface area contributed by atoms with Crippen LogP contribution in [0.25, 0.3) is 21.9 Å². The van der Waals surface area contributed by atoms with E-state index in [0.717, 1.165) is 43.2 Å². The maximum atomic E-state index is 13.4. The molecule has 0 bridgehead atoms. The summed E-state index contributed by atoms with van der Waals surface area (Å²) in [6, 6.07) is 7.06. The highest BCUT2D eigenvalue weighted by Crippen LogP contribution is 2.35. The molecule has 1 fully saturated rings. The Morgan fingerprint density at radius 1 is 1.24 bits per heavy atom. The summed E-state index contributed by atoms with van der Waals surface area (Å²) >= 11 is 8.06. The van der Waals surface area contributed by atoms with Gasteiger partial charge in [0.15, 0.2) is 5.43 Å². The van der Waals surface area contributed by atoms with E-state index in [1.165, 1.54) is 11.8 Å². The van der Waals surface area contributed by atoms with Gasteiger partial charge in [-0.3, -0.25) is 9.59 Å². The molecular weight excluding hydrogens is 462 g/mol. The summed E-state index contributed by atoms with van der Waals surface area (Å²) in [6.07, 6.45) is 2.02. The highest BCUT2D eigenvalue weighted by atomic mass is 35.5. The maximum Gasteiger partial charge on any atom is 0.326 e. The van der Waals surface area contributed by atoms with E-state index in [2.05, 4.69) is 5.32 Å². The van der Waals surface area contributed by atoms with E-state index >= 15 is 0 Å². The van der Waals surface area contributed by atoms with Crippen molar-refractivity contribution in [1.29, 1.82) is 0 Å². The molecule has 0 spiro atoms. The fraction of sp³-hybridized carbons (Fsp3) is 0.458. The van der Waals surface area contributed by atoms with E-state index in [4.69, 9.17) is 26.1 Å². The number of benzene rings is 1. The molecule has 1 N–H and O–H groups in total. The van der Waals surface area contributed by atoms with Gasteiger partial charge in [0, 0.05) is 25.1 Å². The SMILES string of the molecule is CCOC(=O)Cn1c2nc(NCC3CCOCC3)ccc2c(=O)c2ccc(Cl)c(SCC)c21. The Balaban J connectivity index is 1.87. The first-order valence-corrected chi connectivity index (χ1v) is 12.7. The maximum absolute atomic E-state index is 13.4. The summed E-state index contributed by atoms with van der Waals surface area (Å²) < 4.78 is 12.4. The van der Waals surface area contributed by atoms with Crippen LogP contribution in [-0.2, 0) is 20.8 Å². The molecule has 0 unspecified atom stereocenters. The molecule has 0 radical (unpaired) electrons. The summed E-state index contributed by atoms with van der Waals surface area (Å²) in [5.41, 5.74) is 0.935. The second-order valence-corrected chi connectivity index (χ2v) is 9.61. The van der Waals surface area contributed by atoms with Crippen LogP contribution in [0.1, 0.15) is 26.7 Å². The molecule has 1 aliphatic heterocycles. The van der Waals surface area contributed by atoms with Gasteiger partial charge in [-0.1, -0.05) is 18.5 Å². The van der Waals surface area contributed by atoms with Crippen molar-refractivity contribution in [3.05, 3.63) is 39.5 Å². The average molecular weight is 490 g/mol. The number of ether oxygens (including phenoxy) is 2. The van der Waals surface area contributed by atoms with Crippen LogP contribution >= 0.6 is 23.4 Å². The first-order valence-electron chi connectivity index (χ1n) is 11.3. The Hall–Kier alpha value is -2.29. The van der Waals surface area contributed by atoms with Gasteiger partial charge in [0.05, 0.1) is 27.4 Å². The number of rotatable bonds is 8. The number of thioether (sulfide) groups is 1. The lowest BCUT2D eigenvalue weighted by Gasteiger charge is -2.22. The third-order valence-corrected chi connectivity index (χ3v) is 7.18. The first kappa shape index (κ1) is 23.9. The van der Waals surface area contributed by atoms with Gasteiger partial charge in [-0.15, -0.1) is 11.8 Å². The monoisotopic (exact) mass is 489 g/mol. The number of fused-ring (bicyclic) bond motifs is 2. The Labute approximate surface area is 201 Å². The standard InChI is InChI=1S/C24H28ClN3O4S/c1-3-32-20(29)14-28-21-16(5-7-18(25)23(21)33-4-2)22(30)17-6-8-19(27-24(17)28)26-13-15-9-11-31-12-10-15/h5-8,15H,3-4,9-14H2,1-2H3,(H,26,27). The lowest BCUT2D eigenvalue weighted by molar-refractivity contribution is -0.143. The molecular formula is C24H28ClN3O4S. The van der Waals surface area contributed by atoms with Crippen LogP contribution in [0.5, 0.6) is 0 Å². The number of pyridine rings is 2. The van der Waals surface area contributed by atoms with Crippen LogP contribution in [0, 0.1) is 5.92 Å². The zero-order valence-corrected chi connectivity index (χ0v) is 20.4. The number of anilines is 1. The molecule has 2 aromatic heterocycles. The third kappa shape index (κ3) is 5.13. The highest BCUT2D eigenvalue weighted by molar-refractivity contribution is 7.99. The Bertz CT molecular complexity index is 1220.